The van der Waals surface area contributed by atoms with Gasteiger partial charge in [-0.15, -0.1) is 0 Å². The van der Waals surface area contributed by atoms with Gasteiger partial charge in [-0.1, -0.05) is 30.3 Å². The van der Waals surface area contributed by atoms with E-state index >= 15 is 0 Å². The summed E-state index contributed by atoms with van der Waals surface area (Å²) in [5.74, 6) is 0. The molecule has 2 rings (SSSR count). The third kappa shape index (κ3) is 1.97. The van der Waals surface area contributed by atoms with E-state index in [4.69, 9.17) is 2.74 Å². The molecule has 0 saturated carbocycles. The van der Waals surface area contributed by atoms with Gasteiger partial charge < -0.3 is 5.11 Å². The third-order valence-electron chi connectivity index (χ3n) is 2.76. The second-order valence-corrected chi connectivity index (χ2v) is 3.77. The molecule has 2 heteroatoms. The summed E-state index contributed by atoms with van der Waals surface area (Å²) in [5, 5.41) is 9.67. The smallest absolute Gasteiger partial charge is 0.0705 e. The predicted molar refractivity (Wildman–Crippen MR) is 56.9 cm³/mol. The summed E-state index contributed by atoms with van der Waals surface area (Å²) in [5.41, 5.74) is 0.649. The zero-order valence-electron chi connectivity index (χ0n) is 10.4. The number of hydrogen-bond donors (Lipinski definition) is 1. The van der Waals surface area contributed by atoms with Crippen molar-refractivity contribution >= 4 is 0 Å². The number of hydrogen-bond acceptors (Lipinski definition) is 2. The van der Waals surface area contributed by atoms with Crippen molar-refractivity contribution in [3.05, 3.63) is 35.9 Å². The van der Waals surface area contributed by atoms with Gasteiger partial charge in [-0.05, 0) is 18.9 Å². The summed E-state index contributed by atoms with van der Waals surface area (Å²) < 4.78 is 16.3. The van der Waals surface area contributed by atoms with Crippen LogP contribution in [0.2, 0.25) is 0 Å². The minimum atomic E-state index is -1.50. The van der Waals surface area contributed by atoms with Crippen molar-refractivity contribution in [3.8, 4) is 0 Å². The molecular formula is C12H17NO. The molecular weight excluding hydrogens is 174 g/mol. The van der Waals surface area contributed by atoms with E-state index in [1.807, 2.05) is 25.1 Å². The number of aliphatic hydroxyl groups excluding tert-OH is 1. The second kappa shape index (κ2) is 4.11. The van der Waals surface area contributed by atoms with Crippen molar-refractivity contribution in [1.29, 1.82) is 0 Å². The standard InChI is InChI=1S/C12H17NO/c1-10-12(14)7-8-13(10)9-11-5-3-2-4-6-11/h2-6,10,12,14H,7-9H2,1H3/t10-,12-/m1/s1/i9D2. The molecule has 1 aliphatic rings. The van der Waals surface area contributed by atoms with Crippen LogP contribution in [-0.2, 0) is 6.50 Å². The number of rotatable bonds is 2. The van der Waals surface area contributed by atoms with Crippen molar-refractivity contribution in [2.45, 2.75) is 32.0 Å². The maximum Gasteiger partial charge on any atom is 0.0705 e. The van der Waals surface area contributed by atoms with E-state index in [1.165, 1.54) is 0 Å². The number of aliphatic hydroxyl groups is 1. The van der Waals surface area contributed by atoms with Crippen molar-refractivity contribution in [3.63, 3.8) is 0 Å². The molecule has 0 spiro atoms. The summed E-state index contributed by atoms with van der Waals surface area (Å²) in [6, 6.07) is 9.00. The lowest BCUT2D eigenvalue weighted by Crippen LogP contribution is -2.31. The van der Waals surface area contributed by atoms with Gasteiger partial charge in [0.25, 0.3) is 0 Å². The second-order valence-electron chi connectivity index (χ2n) is 3.77. The van der Waals surface area contributed by atoms with E-state index in [2.05, 4.69) is 0 Å². The van der Waals surface area contributed by atoms with Gasteiger partial charge in [-0.2, -0.15) is 0 Å². The third-order valence-corrected chi connectivity index (χ3v) is 2.76. The van der Waals surface area contributed by atoms with E-state index in [1.54, 1.807) is 17.0 Å². The van der Waals surface area contributed by atoms with Gasteiger partial charge in [-0.3, -0.25) is 4.90 Å². The molecule has 1 heterocycles. The van der Waals surface area contributed by atoms with Crippen LogP contribution in [0.4, 0.5) is 0 Å². The number of nitrogens with zero attached hydrogens (tertiary/aromatic N) is 1. The molecule has 1 N–H and O–H groups in total. The zero-order chi connectivity index (χ0) is 11.8. The monoisotopic (exact) mass is 193 g/mol. The lowest BCUT2D eigenvalue weighted by atomic mass is 10.2. The molecule has 0 amide bonds. The fourth-order valence-electron chi connectivity index (χ4n) is 1.76. The molecule has 0 unspecified atom stereocenters. The molecule has 0 aliphatic carbocycles. The summed E-state index contributed by atoms with van der Waals surface area (Å²) >= 11 is 0. The van der Waals surface area contributed by atoms with Crippen LogP contribution >= 0.6 is 0 Å². The summed E-state index contributed by atoms with van der Waals surface area (Å²) in [7, 11) is 0. The number of benzene rings is 1. The van der Waals surface area contributed by atoms with Crippen molar-refractivity contribution in [1.82, 2.24) is 4.90 Å². The van der Waals surface area contributed by atoms with Crippen LogP contribution in [0.1, 0.15) is 21.6 Å². The van der Waals surface area contributed by atoms with Gasteiger partial charge in [0.2, 0.25) is 0 Å². The fourth-order valence-corrected chi connectivity index (χ4v) is 1.76. The van der Waals surface area contributed by atoms with Gasteiger partial charge in [-0.25, -0.2) is 0 Å². The molecule has 0 aromatic heterocycles. The Kier molecular flexibility index (Phi) is 2.18. The molecule has 2 atom stereocenters. The predicted octanol–water partition coefficient (Wildman–Crippen LogP) is 1.64. The Morgan fingerprint density at radius 2 is 2.21 bits per heavy atom. The lowest BCUT2D eigenvalue weighted by Gasteiger charge is -2.22. The van der Waals surface area contributed by atoms with E-state index in [9.17, 15) is 5.11 Å². The maximum atomic E-state index is 9.67. The molecule has 1 aliphatic heterocycles. The van der Waals surface area contributed by atoms with Gasteiger partial charge in [0.15, 0.2) is 0 Å². The SMILES string of the molecule is [2H]C([2H])(c1ccccc1)N1CC[C@@H](O)[C@H]1C. The zero-order valence-corrected chi connectivity index (χ0v) is 8.35. The van der Waals surface area contributed by atoms with Crippen LogP contribution in [0.25, 0.3) is 0 Å². The summed E-state index contributed by atoms with van der Waals surface area (Å²) in [6.07, 6.45) is 0.229. The number of likely N-dealkylation sites (tertiary alicyclic amines) is 1. The topological polar surface area (TPSA) is 23.5 Å². The molecule has 76 valence electrons. The van der Waals surface area contributed by atoms with Gasteiger partial charge in [0.05, 0.1) is 6.10 Å². The highest BCUT2D eigenvalue weighted by Gasteiger charge is 2.28. The molecule has 2 nitrogen and oxygen atoms in total. The highest BCUT2D eigenvalue weighted by molar-refractivity contribution is 5.14. The first-order valence-corrected chi connectivity index (χ1v) is 5.04. The Labute approximate surface area is 88.0 Å². The van der Waals surface area contributed by atoms with Crippen molar-refractivity contribution in [2.24, 2.45) is 0 Å². The first-order valence-electron chi connectivity index (χ1n) is 6.04. The average molecular weight is 193 g/mol. The summed E-state index contributed by atoms with van der Waals surface area (Å²) in [6.45, 7) is 0.973. The van der Waals surface area contributed by atoms with Crippen LogP contribution < -0.4 is 0 Å². The molecule has 1 fully saturated rings. The molecule has 1 aromatic carbocycles. The Bertz CT molecular complexity index is 355. The van der Waals surface area contributed by atoms with E-state index < -0.39 is 12.6 Å². The normalized spacial score (nSPS) is 31.3. The minimum Gasteiger partial charge on any atom is -0.391 e. The molecule has 0 bridgehead atoms. The van der Waals surface area contributed by atoms with E-state index in [-0.39, 0.29) is 6.04 Å². The van der Waals surface area contributed by atoms with Crippen LogP contribution in [0.15, 0.2) is 30.3 Å². The highest BCUT2D eigenvalue weighted by Crippen LogP contribution is 2.19. The molecule has 14 heavy (non-hydrogen) atoms. The molecule has 1 aromatic rings. The first kappa shape index (κ1) is 7.43. The maximum absolute atomic E-state index is 9.67. The van der Waals surface area contributed by atoms with Gasteiger partial charge in [0.1, 0.15) is 0 Å². The molecule has 0 radical (unpaired) electrons. The Balaban J connectivity index is 2.26. The van der Waals surface area contributed by atoms with Crippen molar-refractivity contribution in [2.75, 3.05) is 6.54 Å². The van der Waals surface area contributed by atoms with Gasteiger partial charge in [0, 0.05) is 21.8 Å². The quantitative estimate of drug-likeness (QED) is 0.772. The Morgan fingerprint density at radius 3 is 2.79 bits per heavy atom. The van der Waals surface area contributed by atoms with E-state index in [0.717, 1.165) is 0 Å². The Hall–Kier alpha value is -0.860. The highest BCUT2D eigenvalue weighted by atomic mass is 16.3. The van der Waals surface area contributed by atoms with Crippen LogP contribution in [0.3, 0.4) is 0 Å². The van der Waals surface area contributed by atoms with Crippen LogP contribution in [0, 0.1) is 0 Å². The summed E-state index contributed by atoms with van der Waals surface area (Å²) in [4.78, 5) is 1.73. The Morgan fingerprint density at radius 1 is 1.50 bits per heavy atom. The lowest BCUT2D eigenvalue weighted by molar-refractivity contribution is 0.123. The average Bonchev–Trinajstić information content (AvgIpc) is 2.61. The van der Waals surface area contributed by atoms with Gasteiger partial charge >= 0.3 is 0 Å². The van der Waals surface area contributed by atoms with Crippen LogP contribution in [0.5, 0.6) is 0 Å². The van der Waals surface area contributed by atoms with Crippen molar-refractivity contribution < 1.29 is 7.85 Å². The molecule has 1 saturated heterocycles. The van der Waals surface area contributed by atoms with E-state index in [0.29, 0.717) is 18.5 Å². The van der Waals surface area contributed by atoms with Crippen LogP contribution in [-0.4, -0.2) is 28.7 Å². The minimum absolute atomic E-state index is 0.129. The fraction of sp³-hybridized carbons (Fsp3) is 0.500. The largest absolute Gasteiger partial charge is 0.391 e. The first-order chi connectivity index (χ1) is 7.53.